The minimum atomic E-state index is -0.104. The molecule has 0 atom stereocenters. The Hall–Kier alpha value is -1.36. The summed E-state index contributed by atoms with van der Waals surface area (Å²) in [5, 5.41) is 12.8. The first-order chi connectivity index (χ1) is 9.52. The van der Waals surface area contributed by atoms with Crippen molar-refractivity contribution in [3.8, 4) is 5.88 Å². The Morgan fingerprint density at radius 3 is 2.65 bits per heavy atom. The molecule has 1 saturated carbocycles. The maximum Gasteiger partial charge on any atom is 0.226 e. The number of aliphatic hydroxyl groups excluding tert-OH is 1. The number of hydrogen-bond acceptors (Lipinski definition) is 5. The van der Waals surface area contributed by atoms with Gasteiger partial charge in [-0.1, -0.05) is 0 Å². The van der Waals surface area contributed by atoms with Crippen LogP contribution in [-0.2, 0) is 0 Å². The molecule has 1 aromatic heterocycles. The van der Waals surface area contributed by atoms with E-state index in [1.165, 1.54) is 0 Å². The van der Waals surface area contributed by atoms with Gasteiger partial charge in [0.25, 0.3) is 0 Å². The van der Waals surface area contributed by atoms with Gasteiger partial charge in [0.2, 0.25) is 11.8 Å². The highest BCUT2D eigenvalue weighted by Crippen LogP contribution is 2.24. The lowest BCUT2D eigenvalue weighted by Gasteiger charge is -2.25. The number of nitrogens with one attached hydrogen (secondary N) is 1. The third-order valence-electron chi connectivity index (χ3n) is 3.55. The van der Waals surface area contributed by atoms with E-state index in [0.29, 0.717) is 17.7 Å². The molecule has 0 bridgehead atoms. The monoisotopic (exact) mass is 279 g/mol. The molecule has 0 aliphatic heterocycles. The topological polar surface area (TPSA) is 67.3 Å². The van der Waals surface area contributed by atoms with Gasteiger partial charge < -0.3 is 15.2 Å². The summed E-state index contributed by atoms with van der Waals surface area (Å²) in [6.45, 7) is 6.77. The Morgan fingerprint density at radius 2 is 2.00 bits per heavy atom. The predicted octanol–water partition coefficient (Wildman–Crippen LogP) is 2.54. The lowest BCUT2D eigenvalue weighted by atomic mass is 9.87. The van der Waals surface area contributed by atoms with Crippen LogP contribution in [0.1, 0.15) is 45.2 Å². The largest absolute Gasteiger partial charge is 0.475 e. The number of aliphatic hydroxyl groups is 1. The maximum atomic E-state index is 9.51. The predicted molar refractivity (Wildman–Crippen MR) is 79.0 cm³/mol. The second kappa shape index (κ2) is 6.88. The molecule has 1 fully saturated rings. The SMILES string of the molecule is Cc1cc(OC(C)C)nc(NCC2CCC(O)CC2)n1. The maximum absolute atomic E-state index is 9.51. The summed E-state index contributed by atoms with van der Waals surface area (Å²) in [5.41, 5.74) is 0.900. The number of ether oxygens (including phenoxy) is 1. The van der Waals surface area contributed by atoms with E-state index in [1.54, 1.807) is 0 Å². The van der Waals surface area contributed by atoms with E-state index in [-0.39, 0.29) is 12.2 Å². The van der Waals surface area contributed by atoms with Crippen LogP contribution in [0.5, 0.6) is 5.88 Å². The van der Waals surface area contributed by atoms with Gasteiger partial charge in [-0.05, 0) is 52.4 Å². The molecule has 0 spiro atoms. The zero-order valence-corrected chi connectivity index (χ0v) is 12.6. The molecule has 0 amide bonds. The summed E-state index contributed by atoms with van der Waals surface area (Å²) in [5.74, 6) is 1.85. The highest BCUT2D eigenvalue weighted by atomic mass is 16.5. The van der Waals surface area contributed by atoms with Crippen LogP contribution >= 0.6 is 0 Å². The van der Waals surface area contributed by atoms with Gasteiger partial charge in [-0.3, -0.25) is 0 Å². The van der Waals surface area contributed by atoms with Crippen molar-refractivity contribution >= 4 is 5.95 Å². The number of nitrogens with zero attached hydrogens (tertiary/aromatic N) is 2. The minimum absolute atomic E-state index is 0.104. The molecule has 2 rings (SSSR count). The first-order valence-corrected chi connectivity index (χ1v) is 7.47. The highest BCUT2D eigenvalue weighted by Gasteiger charge is 2.19. The van der Waals surface area contributed by atoms with E-state index in [1.807, 2.05) is 26.8 Å². The average molecular weight is 279 g/mol. The normalized spacial score (nSPS) is 22.9. The number of aryl methyl sites for hydroxylation is 1. The Labute approximate surface area is 120 Å². The molecule has 0 unspecified atom stereocenters. The van der Waals surface area contributed by atoms with Crippen LogP contribution < -0.4 is 10.1 Å². The van der Waals surface area contributed by atoms with Gasteiger partial charge >= 0.3 is 0 Å². The molecule has 0 radical (unpaired) electrons. The van der Waals surface area contributed by atoms with Crippen molar-refractivity contribution in [3.63, 3.8) is 0 Å². The van der Waals surface area contributed by atoms with Crippen LogP contribution in [-0.4, -0.2) is 33.8 Å². The summed E-state index contributed by atoms with van der Waals surface area (Å²) in [6, 6.07) is 1.85. The molecule has 2 N–H and O–H groups in total. The molecular formula is C15H25N3O2. The first-order valence-electron chi connectivity index (χ1n) is 7.47. The molecule has 5 heteroatoms. The van der Waals surface area contributed by atoms with Gasteiger partial charge in [-0.15, -0.1) is 0 Å². The molecule has 1 heterocycles. The minimum Gasteiger partial charge on any atom is -0.475 e. The molecule has 1 aliphatic carbocycles. The van der Waals surface area contributed by atoms with Crippen LogP contribution in [0, 0.1) is 12.8 Å². The third-order valence-corrected chi connectivity index (χ3v) is 3.55. The van der Waals surface area contributed by atoms with Crippen molar-refractivity contribution in [1.82, 2.24) is 9.97 Å². The molecule has 1 aliphatic rings. The van der Waals surface area contributed by atoms with Crippen molar-refractivity contribution in [3.05, 3.63) is 11.8 Å². The number of aromatic nitrogens is 2. The Kier molecular flexibility index (Phi) is 5.17. The number of rotatable bonds is 5. The van der Waals surface area contributed by atoms with Crippen molar-refractivity contribution in [2.45, 2.75) is 58.7 Å². The van der Waals surface area contributed by atoms with Gasteiger partial charge in [-0.2, -0.15) is 4.98 Å². The smallest absolute Gasteiger partial charge is 0.226 e. The Bertz CT molecular complexity index is 429. The van der Waals surface area contributed by atoms with Crippen LogP contribution in [0.2, 0.25) is 0 Å². The van der Waals surface area contributed by atoms with Crippen molar-refractivity contribution in [2.75, 3.05) is 11.9 Å². The molecule has 0 saturated heterocycles. The number of hydrogen-bond donors (Lipinski definition) is 2. The standard InChI is InChI=1S/C15H25N3O2/c1-10(2)20-14-8-11(3)17-15(18-14)16-9-12-4-6-13(19)7-5-12/h8,10,12-13,19H,4-7,9H2,1-3H3,(H,16,17,18). The highest BCUT2D eigenvalue weighted by molar-refractivity contribution is 5.30. The van der Waals surface area contributed by atoms with E-state index in [4.69, 9.17) is 4.74 Å². The lowest BCUT2D eigenvalue weighted by molar-refractivity contribution is 0.111. The molecule has 20 heavy (non-hydrogen) atoms. The van der Waals surface area contributed by atoms with E-state index in [9.17, 15) is 5.11 Å². The lowest BCUT2D eigenvalue weighted by Crippen LogP contribution is -2.24. The van der Waals surface area contributed by atoms with Gasteiger partial charge in [0.1, 0.15) is 0 Å². The summed E-state index contributed by atoms with van der Waals surface area (Å²) in [4.78, 5) is 8.77. The van der Waals surface area contributed by atoms with E-state index < -0.39 is 0 Å². The second-order valence-electron chi connectivity index (χ2n) is 5.89. The number of anilines is 1. The van der Waals surface area contributed by atoms with Crippen LogP contribution in [0.15, 0.2) is 6.07 Å². The van der Waals surface area contributed by atoms with Crippen molar-refractivity contribution in [2.24, 2.45) is 5.92 Å². The van der Waals surface area contributed by atoms with Crippen LogP contribution in [0.4, 0.5) is 5.95 Å². The van der Waals surface area contributed by atoms with Crippen LogP contribution in [0.3, 0.4) is 0 Å². The van der Waals surface area contributed by atoms with Gasteiger partial charge in [0.05, 0.1) is 12.2 Å². The fourth-order valence-electron chi connectivity index (χ4n) is 2.51. The van der Waals surface area contributed by atoms with E-state index >= 15 is 0 Å². The van der Waals surface area contributed by atoms with E-state index in [2.05, 4.69) is 15.3 Å². The van der Waals surface area contributed by atoms with Crippen LogP contribution in [0.25, 0.3) is 0 Å². The average Bonchev–Trinajstić information content (AvgIpc) is 2.36. The van der Waals surface area contributed by atoms with E-state index in [0.717, 1.165) is 37.9 Å². The van der Waals surface area contributed by atoms with Gasteiger partial charge in [0, 0.05) is 18.3 Å². The fourth-order valence-corrected chi connectivity index (χ4v) is 2.51. The Morgan fingerprint density at radius 1 is 1.30 bits per heavy atom. The fraction of sp³-hybridized carbons (Fsp3) is 0.733. The molecular weight excluding hydrogens is 254 g/mol. The van der Waals surface area contributed by atoms with Gasteiger partial charge in [0.15, 0.2) is 0 Å². The zero-order valence-electron chi connectivity index (χ0n) is 12.6. The third kappa shape index (κ3) is 4.63. The molecule has 112 valence electrons. The molecule has 5 nitrogen and oxygen atoms in total. The van der Waals surface area contributed by atoms with Gasteiger partial charge in [-0.25, -0.2) is 4.98 Å². The van der Waals surface area contributed by atoms with Crippen molar-refractivity contribution < 1.29 is 9.84 Å². The van der Waals surface area contributed by atoms with Crippen molar-refractivity contribution in [1.29, 1.82) is 0 Å². The quantitative estimate of drug-likeness (QED) is 0.867. The summed E-state index contributed by atoms with van der Waals surface area (Å²) in [7, 11) is 0. The first kappa shape index (κ1) is 15.0. The second-order valence-corrected chi connectivity index (χ2v) is 5.89. The zero-order chi connectivity index (χ0) is 14.5. The summed E-state index contributed by atoms with van der Waals surface area (Å²) < 4.78 is 5.62. The molecule has 0 aromatic carbocycles. The summed E-state index contributed by atoms with van der Waals surface area (Å²) >= 11 is 0. The Balaban J connectivity index is 1.90. The summed E-state index contributed by atoms with van der Waals surface area (Å²) in [6.07, 6.45) is 3.94. The molecule has 1 aromatic rings.